The molecule has 0 aliphatic carbocycles. The van der Waals surface area contributed by atoms with Crippen molar-refractivity contribution in [2.45, 2.75) is 0 Å². The van der Waals surface area contributed by atoms with E-state index < -0.39 is 0 Å². The lowest BCUT2D eigenvalue weighted by Gasteiger charge is -2.12. The Bertz CT molecular complexity index is 778. The van der Waals surface area contributed by atoms with Crippen molar-refractivity contribution in [3.05, 3.63) is 66.7 Å². The number of rotatable bonds is 3. The number of ether oxygens (including phenoxy) is 1. The van der Waals surface area contributed by atoms with Crippen molar-refractivity contribution in [2.75, 3.05) is 18.6 Å². The number of anilines is 2. The molecule has 0 aromatic heterocycles. The first-order valence-electron chi connectivity index (χ1n) is 7.07. The predicted octanol–water partition coefficient (Wildman–Crippen LogP) is 4.19. The molecule has 3 rings (SSSR count). The molecule has 0 unspecified atom stereocenters. The van der Waals surface area contributed by atoms with E-state index in [0.717, 1.165) is 39.4 Å². The van der Waals surface area contributed by atoms with Crippen LogP contribution in [0.1, 0.15) is 0 Å². The van der Waals surface area contributed by atoms with Gasteiger partial charge in [0.05, 0.1) is 7.11 Å². The number of nitrogens with two attached hydrogens (primary N) is 2. The monoisotopic (exact) mass is 290 g/mol. The molecule has 0 aliphatic heterocycles. The van der Waals surface area contributed by atoms with Crippen LogP contribution in [0.3, 0.4) is 0 Å². The average Bonchev–Trinajstić information content (AvgIpc) is 2.56. The fourth-order valence-electron chi connectivity index (χ4n) is 2.49. The van der Waals surface area contributed by atoms with Gasteiger partial charge in [0.25, 0.3) is 0 Å². The summed E-state index contributed by atoms with van der Waals surface area (Å²) >= 11 is 0. The third kappa shape index (κ3) is 2.74. The van der Waals surface area contributed by atoms with Crippen LogP contribution in [0, 0.1) is 0 Å². The van der Waals surface area contributed by atoms with Crippen molar-refractivity contribution in [2.24, 2.45) is 0 Å². The van der Waals surface area contributed by atoms with E-state index in [2.05, 4.69) is 0 Å². The van der Waals surface area contributed by atoms with Gasteiger partial charge >= 0.3 is 0 Å². The summed E-state index contributed by atoms with van der Waals surface area (Å²) in [6.45, 7) is 0. The zero-order valence-corrected chi connectivity index (χ0v) is 12.4. The van der Waals surface area contributed by atoms with E-state index in [4.69, 9.17) is 16.2 Å². The quantitative estimate of drug-likeness (QED) is 0.711. The van der Waals surface area contributed by atoms with Gasteiger partial charge < -0.3 is 16.2 Å². The number of benzene rings is 3. The molecule has 0 aliphatic rings. The molecule has 0 fully saturated rings. The zero-order valence-electron chi connectivity index (χ0n) is 12.4. The summed E-state index contributed by atoms with van der Waals surface area (Å²) < 4.78 is 5.22. The molecule has 0 radical (unpaired) electrons. The molecule has 3 nitrogen and oxygen atoms in total. The lowest BCUT2D eigenvalue weighted by atomic mass is 9.94. The van der Waals surface area contributed by atoms with Crippen LogP contribution in [0.2, 0.25) is 0 Å². The lowest BCUT2D eigenvalue weighted by Crippen LogP contribution is -1.91. The van der Waals surface area contributed by atoms with Crippen LogP contribution in [-0.4, -0.2) is 7.11 Å². The molecule has 0 saturated heterocycles. The second kappa shape index (κ2) is 5.82. The zero-order chi connectivity index (χ0) is 15.5. The minimum Gasteiger partial charge on any atom is -0.497 e. The number of methoxy groups -OCH3 is 1. The Labute approximate surface area is 130 Å². The smallest absolute Gasteiger partial charge is 0.118 e. The van der Waals surface area contributed by atoms with Crippen LogP contribution < -0.4 is 16.2 Å². The van der Waals surface area contributed by atoms with Gasteiger partial charge in [-0.15, -0.1) is 0 Å². The van der Waals surface area contributed by atoms with Crippen LogP contribution in [0.15, 0.2) is 66.7 Å². The van der Waals surface area contributed by atoms with Gasteiger partial charge in [0.2, 0.25) is 0 Å². The summed E-state index contributed by atoms with van der Waals surface area (Å²) in [5, 5.41) is 0. The molecule has 3 aromatic carbocycles. The van der Waals surface area contributed by atoms with E-state index in [1.807, 2.05) is 66.7 Å². The van der Waals surface area contributed by atoms with Gasteiger partial charge in [-0.25, -0.2) is 0 Å². The first kappa shape index (κ1) is 14.0. The molecular formula is C19H18N2O. The molecule has 3 heteroatoms. The minimum absolute atomic E-state index is 0.741. The predicted molar refractivity (Wildman–Crippen MR) is 92.7 cm³/mol. The summed E-state index contributed by atoms with van der Waals surface area (Å²) in [7, 11) is 1.66. The van der Waals surface area contributed by atoms with Gasteiger partial charge in [0.1, 0.15) is 5.75 Å². The number of hydrogen-bond acceptors (Lipinski definition) is 3. The Hall–Kier alpha value is -2.94. The maximum atomic E-state index is 5.98. The van der Waals surface area contributed by atoms with Gasteiger partial charge in [-0.1, -0.05) is 30.3 Å². The second-order valence-electron chi connectivity index (χ2n) is 5.16. The molecular weight excluding hydrogens is 272 g/mol. The van der Waals surface area contributed by atoms with Gasteiger partial charge in [-0.05, 0) is 58.7 Å². The fraction of sp³-hybridized carbons (Fsp3) is 0.0526. The largest absolute Gasteiger partial charge is 0.497 e. The number of nitrogen functional groups attached to an aromatic ring is 2. The van der Waals surface area contributed by atoms with Crippen molar-refractivity contribution in [1.29, 1.82) is 0 Å². The summed E-state index contributed by atoms with van der Waals surface area (Å²) in [4.78, 5) is 0. The molecule has 0 amide bonds. The highest BCUT2D eigenvalue weighted by atomic mass is 16.5. The van der Waals surface area contributed by atoms with E-state index in [1.165, 1.54) is 0 Å². The molecule has 0 bridgehead atoms. The van der Waals surface area contributed by atoms with Gasteiger partial charge in [-0.2, -0.15) is 0 Å². The molecule has 22 heavy (non-hydrogen) atoms. The molecule has 0 atom stereocenters. The van der Waals surface area contributed by atoms with E-state index in [0.29, 0.717) is 0 Å². The average molecular weight is 290 g/mol. The Kier molecular flexibility index (Phi) is 3.71. The number of hydrogen-bond donors (Lipinski definition) is 2. The first-order valence-corrected chi connectivity index (χ1v) is 7.07. The van der Waals surface area contributed by atoms with Crippen molar-refractivity contribution in [3.63, 3.8) is 0 Å². The Morgan fingerprint density at radius 2 is 1.18 bits per heavy atom. The maximum absolute atomic E-state index is 5.98. The van der Waals surface area contributed by atoms with Gasteiger partial charge in [0, 0.05) is 11.4 Å². The van der Waals surface area contributed by atoms with Crippen LogP contribution in [0.4, 0.5) is 11.4 Å². The van der Waals surface area contributed by atoms with Crippen molar-refractivity contribution >= 4 is 11.4 Å². The Morgan fingerprint density at radius 1 is 0.636 bits per heavy atom. The van der Waals surface area contributed by atoms with Crippen molar-refractivity contribution in [1.82, 2.24) is 0 Å². The SMILES string of the molecule is COc1ccc(-c2cc(N)ccc2-c2ccc(N)cc2)cc1. The van der Waals surface area contributed by atoms with Crippen molar-refractivity contribution < 1.29 is 4.74 Å². The summed E-state index contributed by atoms with van der Waals surface area (Å²) in [6, 6.07) is 21.8. The molecule has 4 N–H and O–H groups in total. The highest BCUT2D eigenvalue weighted by Gasteiger charge is 2.08. The summed E-state index contributed by atoms with van der Waals surface area (Å²) in [5.74, 6) is 0.835. The van der Waals surface area contributed by atoms with E-state index >= 15 is 0 Å². The highest BCUT2D eigenvalue weighted by molar-refractivity contribution is 5.86. The van der Waals surface area contributed by atoms with Crippen LogP contribution in [0.25, 0.3) is 22.3 Å². The first-order chi connectivity index (χ1) is 10.7. The normalized spacial score (nSPS) is 10.4. The second-order valence-corrected chi connectivity index (χ2v) is 5.16. The lowest BCUT2D eigenvalue weighted by molar-refractivity contribution is 0.415. The fourth-order valence-corrected chi connectivity index (χ4v) is 2.49. The molecule has 0 heterocycles. The minimum atomic E-state index is 0.741. The molecule has 110 valence electrons. The summed E-state index contributed by atoms with van der Waals surface area (Å²) in [6.07, 6.45) is 0. The molecule has 0 spiro atoms. The Morgan fingerprint density at radius 3 is 1.82 bits per heavy atom. The summed E-state index contributed by atoms with van der Waals surface area (Å²) in [5.41, 5.74) is 17.7. The Balaban J connectivity index is 2.13. The van der Waals surface area contributed by atoms with Gasteiger partial charge in [0.15, 0.2) is 0 Å². The highest BCUT2D eigenvalue weighted by Crippen LogP contribution is 2.34. The van der Waals surface area contributed by atoms with Crippen LogP contribution >= 0.6 is 0 Å². The van der Waals surface area contributed by atoms with Crippen LogP contribution in [0.5, 0.6) is 5.75 Å². The maximum Gasteiger partial charge on any atom is 0.118 e. The topological polar surface area (TPSA) is 61.3 Å². The van der Waals surface area contributed by atoms with E-state index in [-0.39, 0.29) is 0 Å². The molecule has 0 saturated carbocycles. The van der Waals surface area contributed by atoms with Crippen molar-refractivity contribution in [3.8, 4) is 28.0 Å². The molecule has 3 aromatic rings. The third-order valence-corrected chi connectivity index (χ3v) is 3.67. The standard InChI is InChI=1S/C19H18N2O/c1-22-17-9-4-14(5-10-17)19-12-16(21)8-11-18(19)13-2-6-15(20)7-3-13/h2-12H,20-21H2,1H3. The van der Waals surface area contributed by atoms with E-state index in [9.17, 15) is 0 Å². The third-order valence-electron chi connectivity index (χ3n) is 3.67. The van der Waals surface area contributed by atoms with E-state index in [1.54, 1.807) is 7.11 Å². The van der Waals surface area contributed by atoms with Crippen LogP contribution in [-0.2, 0) is 0 Å². The van der Waals surface area contributed by atoms with Gasteiger partial charge in [-0.3, -0.25) is 0 Å².